The lowest BCUT2D eigenvalue weighted by Crippen LogP contribution is -2.31. The number of hydrogen-bond donors (Lipinski definition) is 1. The van der Waals surface area contributed by atoms with E-state index in [0.29, 0.717) is 33.6 Å². The van der Waals surface area contributed by atoms with Gasteiger partial charge in [-0.2, -0.15) is 0 Å². The van der Waals surface area contributed by atoms with Crippen molar-refractivity contribution in [2.24, 2.45) is 0 Å². The number of carbonyl (C=O) groups is 2. The molecule has 0 unspecified atom stereocenters. The molecule has 1 aliphatic rings. The van der Waals surface area contributed by atoms with Crippen LogP contribution < -0.4 is 10.9 Å². The Kier molecular flexibility index (Phi) is 7.08. The Bertz CT molecular complexity index is 1250. The van der Waals surface area contributed by atoms with Gasteiger partial charge in [-0.05, 0) is 42.7 Å². The molecule has 1 atom stereocenters. The third-order valence-electron chi connectivity index (χ3n) is 6.01. The van der Waals surface area contributed by atoms with Crippen LogP contribution >= 0.6 is 11.6 Å². The third-order valence-corrected chi connectivity index (χ3v) is 6.36. The van der Waals surface area contributed by atoms with Gasteiger partial charge in [0.25, 0.3) is 11.5 Å². The monoisotopic (exact) mass is 467 g/mol. The fraction of sp³-hybridized carbons (Fsp3) is 0.360. The van der Waals surface area contributed by atoms with Crippen LogP contribution in [0.5, 0.6) is 0 Å². The fourth-order valence-electron chi connectivity index (χ4n) is 4.22. The van der Waals surface area contributed by atoms with E-state index in [1.165, 1.54) is 7.11 Å². The molecule has 1 amide bonds. The molecule has 1 aliphatic heterocycles. The molecule has 0 fully saturated rings. The minimum Gasteiger partial charge on any atom is -0.469 e. The molecule has 8 heteroatoms. The van der Waals surface area contributed by atoms with Crippen molar-refractivity contribution in [2.75, 3.05) is 7.11 Å². The molecular formula is C25H26ClN3O4. The number of carbonyl (C=O) groups excluding carboxylic acids is 2. The number of methoxy groups -OCH3 is 1. The zero-order valence-corrected chi connectivity index (χ0v) is 19.2. The highest BCUT2D eigenvalue weighted by Gasteiger charge is 2.22. The Labute approximate surface area is 196 Å². The van der Waals surface area contributed by atoms with E-state index in [4.69, 9.17) is 21.3 Å². The van der Waals surface area contributed by atoms with Crippen LogP contribution in [0.4, 0.5) is 0 Å². The SMILES string of the molecule is COC(=O)C[C@H](NC(=O)c1ccc2c(=O)n3c(nc2c1)CCCCCC3)c1ccccc1Cl. The number of amides is 1. The second-order valence-electron chi connectivity index (χ2n) is 8.21. The Morgan fingerprint density at radius 1 is 1.15 bits per heavy atom. The number of fused-ring (bicyclic) bond motifs is 2. The van der Waals surface area contributed by atoms with Crippen LogP contribution in [0.2, 0.25) is 5.02 Å². The predicted octanol–water partition coefficient (Wildman–Crippen LogP) is 4.20. The Hall–Kier alpha value is -3.19. The van der Waals surface area contributed by atoms with Crippen molar-refractivity contribution in [2.45, 2.75) is 51.1 Å². The second-order valence-corrected chi connectivity index (χ2v) is 8.62. The normalized spacial score (nSPS) is 14.6. The molecule has 0 spiro atoms. The number of aromatic nitrogens is 2. The average Bonchev–Trinajstić information content (AvgIpc) is 2.79. The summed E-state index contributed by atoms with van der Waals surface area (Å²) in [4.78, 5) is 42.8. The van der Waals surface area contributed by atoms with Crippen molar-refractivity contribution >= 4 is 34.4 Å². The lowest BCUT2D eigenvalue weighted by atomic mass is 10.0. The van der Waals surface area contributed by atoms with Gasteiger partial charge in [-0.1, -0.05) is 42.6 Å². The summed E-state index contributed by atoms with van der Waals surface area (Å²) >= 11 is 6.31. The number of esters is 1. The average molecular weight is 468 g/mol. The largest absolute Gasteiger partial charge is 0.469 e. The first kappa shape index (κ1) is 23.0. The number of nitrogens with one attached hydrogen (secondary N) is 1. The van der Waals surface area contributed by atoms with Crippen molar-refractivity contribution in [1.29, 1.82) is 0 Å². The minimum absolute atomic E-state index is 0.0628. The van der Waals surface area contributed by atoms with E-state index in [2.05, 4.69) is 5.32 Å². The van der Waals surface area contributed by atoms with Gasteiger partial charge in [0.05, 0.1) is 30.5 Å². The van der Waals surface area contributed by atoms with Crippen LogP contribution in [0.3, 0.4) is 0 Å². The van der Waals surface area contributed by atoms with Crippen LogP contribution in [0.1, 0.15) is 59.9 Å². The summed E-state index contributed by atoms with van der Waals surface area (Å²) in [5.41, 5.74) is 1.41. The standard InChI is InChI=1S/C25H26ClN3O4/c1-33-23(30)15-21(17-8-5-6-9-19(17)26)28-24(31)16-11-12-18-20(14-16)27-22-10-4-2-3-7-13-29(22)25(18)32/h5-6,8-9,11-12,14,21H,2-4,7,10,13,15H2,1H3,(H,28,31)/t21-/m0/s1. The first-order valence-corrected chi connectivity index (χ1v) is 11.5. The summed E-state index contributed by atoms with van der Waals surface area (Å²) in [5.74, 6) is -0.0872. The van der Waals surface area contributed by atoms with Gasteiger partial charge in [0.1, 0.15) is 5.82 Å². The Balaban J connectivity index is 1.66. The van der Waals surface area contributed by atoms with E-state index in [0.717, 1.165) is 37.9 Å². The first-order chi connectivity index (χ1) is 16.0. The van der Waals surface area contributed by atoms with Gasteiger partial charge >= 0.3 is 5.97 Å². The number of benzene rings is 2. The number of nitrogens with zero attached hydrogens (tertiary/aromatic N) is 2. The summed E-state index contributed by atoms with van der Waals surface area (Å²) in [7, 11) is 1.30. The maximum atomic E-state index is 13.1. The molecule has 7 nitrogen and oxygen atoms in total. The summed E-state index contributed by atoms with van der Waals surface area (Å²) in [6.45, 7) is 0.673. The van der Waals surface area contributed by atoms with E-state index in [1.54, 1.807) is 47.0 Å². The summed E-state index contributed by atoms with van der Waals surface area (Å²) in [6, 6.07) is 11.3. The molecule has 0 saturated heterocycles. The molecule has 1 aromatic heterocycles. The molecule has 172 valence electrons. The molecule has 2 heterocycles. The maximum Gasteiger partial charge on any atom is 0.307 e. The van der Waals surface area contributed by atoms with Gasteiger partial charge in [-0.25, -0.2) is 4.98 Å². The highest BCUT2D eigenvalue weighted by molar-refractivity contribution is 6.31. The first-order valence-electron chi connectivity index (χ1n) is 11.1. The van der Waals surface area contributed by atoms with Gasteiger partial charge in [-0.15, -0.1) is 0 Å². The maximum absolute atomic E-state index is 13.1. The number of ether oxygens (including phenoxy) is 1. The van der Waals surface area contributed by atoms with Gasteiger partial charge in [0.2, 0.25) is 0 Å². The predicted molar refractivity (Wildman–Crippen MR) is 126 cm³/mol. The van der Waals surface area contributed by atoms with Crippen molar-refractivity contribution < 1.29 is 14.3 Å². The number of rotatable bonds is 5. The van der Waals surface area contributed by atoms with Gasteiger partial charge < -0.3 is 10.1 Å². The fourth-order valence-corrected chi connectivity index (χ4v) is 4.49. The number of aryl methyl sites for hydroxylation is 1. The summed E-state index contributed by atoms with van der Waals surface area (Å²) in [6.07, 6.45) is 4.87. The number of halogens is 1. The van der Waals surface area contributed by atoms with E-state index >= 15 is 0 Å². The topological polar surface area (TPSA) is 90.3 Å². The van der Waals surface area contributed by atoms with Crippen LogP contribution in [0.15, 0.2) is 47.3 Å². The highest BCUT2D eigenvalue weighted by Crippen LogP contribution is 2.26. The molecular weight excluding hydrogens is 442 g/mol. The molecule has 0 bridgehead atoms. The van der Waals surface area contributed by atoms with E-state index in [1.807, 2.05) is 0 Å². The van der Waals surface area contributed by atoms with Crippen molar-refractivity contribution in [1.82, 2.24) is 14.9 Å². The highest BCUT2D eigenvalue weighted by atomic mass is 35.5. The van der Waals surface area contributed by atoms with Crippen molar-refractivity contribution in [3.63, 3.8) is 0 Å². The van der Waals surface area contributed by atoms with E-state index in [-0.39, 0.29) is 17.9 Å². The minimum atomic E-state index is -0.663. The van der Waals surface area contributed by atoms with Crippen molar-refractivity contribution in [3.05, 3.63) is 74.8 Å². The van der Waals surface area contributed by atoms with Gasteiger partial charge in [-0.3, -0.25) is 19.0 Å². The molecule has 0 radical (unpaired) electrons. The molecule has 1 N–H and O–H groups in total. The molecule has 33 heavy (non-hydrogen) atoms. The zero-order valence-electron chi connectivity index (χ0n) is 18.5. The van der Waals surface area contributed by atoms with E-state index < -0.39 is 12.0 Å². The molecule has 2 aromatic carbocycles. The van der Waals surface area contributed by atoms with Gasteiger partial charge in [0.15, 0.2) is 0 Å². The Morgan fingerprint density at radius 2 is 1.94 bits per heavy atom. The van der Waals surface area contributed by atoms with Crippen LogP contribution in [-0.4, -0.2) is 28.5 Å². The Morgan fingerprint density at radius 3 is 2.73 bits per heavy atom. The van der Waals surface area contributed by atoms with Crippen LogP contribution in [0.25, 0.3) is 10.9 Å². The second kappa shape index (κ2) is 10.2. The molecule has 4 rings (SSSR count). The number of hydrogen-bond acceptors (Lipinski definition) is 5. The lowest BCUT2D eigenvalue weighted by Gasteiger charge is -2.20. The molecule has 0 aliphatic carbocycles. The lowest BCUT2D eigenvalue weighted by molar-refractivity contribution is -0.141. The third kappa shape index (κ3) is 5.09. The smallest absolute Gasteiger partial charge is 0.307 e. The van der Waals surface area contributed by atoms with Crippen molar-refractivity contribution in [3.8, 4) is 0 Å². The zero-order chi connectivity index (χ0) is 23.4. The quantitative estimate of drug-likeness (QED) is 0.568. The van der Waals surface area contributed by atoms with Crippen LogP contribution in [-0.2, 0) is 22.5 Å². The van der Waals surface area contributed by atoms with Gasteiger partial charge in [0, 0.05) is 23.6 Å². The molecule has 3 aromatic rings. The molecule has 0 saturated carbocycles. The van der Waals surface area contributed by atoms with Crippen LogP contribution in [0, 0.1) is 0 Å². The summed E-state index contributed by atoms with van der Waals surface area (Å²) in [5, 5.41) is 3.82. The summed E-state index contributed by atoms with van der Waals surface area (Å²) < 4.78 is 6.56. The van der Waals surface area contributed by atoms with E-state index in [9.17, 15) is 14.4 Å².